The van der Waals surface area contributed by atoms with Crippen LogP contribution in [0.3, 0.4) is 0 Å². The Labute approximate surface area is 177 Å². The van der Waals surface area contributed by atoms with Gasteiger partial charge in [-0.3, -0.25) is 0 Å². The molecule has 0 aliphatic carbocycles. The maximum atomic E-state index is 6.11. The van der Waals surface area contributed by atoms with Gasteiger partial charge in [-0.15, -0.1) is 0 Å². The fraction of sp³-hybridized carbons (Fsp3) is 0.0952. The number of aromatic nitrogens is 3. The van der Waals surface area contributed by atoms with Crippen LogP contribution < -0.4 is 15.4 Å². The minimum Gasteiger partial charge on any atom is -0.497 e. The molecular formula is C21H17Cl2N5O. The molecule has 146 valence electrons. The Balaban J connectivity index is 1.57. The second-order valence-corrected chi connectivity index (χ2v) is 7.08. The third-order valence-electron chi connectivity index (χ3n) is 4.34. The number of anilines is 3. The van der Waals surface area contributed by atoms with Crippen LogP contribution in [-0.4, -0.2) is 22.1 Å². The number of hydrogen-bond acceptors (Lipinski definition) is 6. The van der Waals surface area contributed by atoms with Crippen LogP contribution in [0.4, 0.5) is 17.3 Å². The highest BCUT2D eigenvalue weighted by Crippen LogP contribution is 2.29. The van der Waals surface area contributed by atoms with Crippen molar-refractivity contribution < 1.29 is 4.74 Å². The van der Waals surface area contributed by atoms with Gasteiger partial charge in [-0.05, 0) is 42.0 Å². The Morgan fingerprint density at radius 2 is 1.76 bits per heavy atom. The molecule has 2 aromatic carbocycles. The summed E-state index contributed by atoms with van der Waals surface area (Å²) < 4.78 is 5.19. The van der Waals surface area contributed by atoms with E-state index in [0.29, 0.717) is 22.4 Å². The van der Waals surface area contributed by atoms with Gasteiger partial charge in [0.05, 0.1) is 28.9 Å². The number of pyridine rings is 1. The second kappa shape index (κ2) is 8.51. The first-order chi connectivity index (χ1) is 14.1. The van der Waals surface area contributed by atoms with Crippen molar-refractivity contribution in [1.82, 2.24) is 15.0 Å². The lowest BCUT2D eigenvalue weighted by atomic mass is 10.2. The number of nitrogens with zero attached hydrogens (tertiary/aromatic N) is 3. The van der Waals surface area contributed by atoms with Gasteiger partial charge in [-0.2, -0.15) is 0 Å². The van der Waals surface area contributed by atoms with Crippen molar-refractivity contribution in [1.29, 1.82) is 0 Å². The van der Waals surface area contributed by atoms with Crippen molar-refractivity contribution in [2.24, 2.45) is 0 Å². The van der Waals surface area contributed by atoms with Gasteiger partial charge in [0.1, 0.15) is 23.7 Å². The highest BCUT2D eigenvalue weighted by molar-refractivity contribution is 6.42. The zero-order valence-electron chi connectivity index (χ0n) is 15.5. The fourth-order valence-corrected chi connectivity index (χ4v) is 3.10. The molecule has 29 heavy (non-hydrogen) atoms. The average Bonchev–Trinajstić information content (AvgIpc) is 2.75. The number of rotatable bonds is 6. The van der Waals surface area contributed by atoms with E-state index in [1.54, 1.807) is 25.4 Å². The van der Waals surface area contributed by atoms with Crippen molar-refractivity contribution >= 4 is 51.4 Å². The summed E-state index contributed by atoms with van der Waals surface area (Å²) in [5, 5.41) is 8.40. The first kappa shape index (κ1) is 19.2. The Morgan fingerprint density at radius 3 is 2.52 bits per heavy atom. The molecule has 2 N–H and O–H groups in total. The zero-order chi connectivity index (χ0) is 20.2. The number of fused-ring (bicyclic) bond motifs is 1. The molecule has 0 unspecified atom stereocenters. The summed E-state index contributed by atoms with van der Waals surface area (Å²) in [5.74, 6) is 2.20. The molecule has 0 aliphatic heterocycles. The molecule has 2 aromatic heterocycles. The van der Waals surface area contributed by atoms with E-state index in [-0.39, 0.29) is 0 Å². The number of methoxy groups -OCH3 is 1. The van der Waals surface area contributed by atoms with Crippen molar-refractivity contribution in [3.05, 3.63) is 76.7 Å². The summed E-state index contributed by atoms with van der Waals surface area (Å²) in [5.41, 5.74) is 2.63. The van der Waals surface area contributed by atoms with Gasteiger partial charge in [-0.25, -0.2) is 15.0 Å². The highest BCUT2D eigenvalue weighted by Gasteiger charge is 2.08. The van der Waals surface area contributed by atoms with Crippen molar-refractivity contribution in [2.45, 2.75) is 6.54 Å². The van der Waals surface area contributed by atoms with Crippen LogP contribution >= 0.6 is 23.2 Å². The number of nitrogens with one attached hydrogen (secondary N) is 2. The van der Waals surface area contributed by atoms with Crippen molar-refractivity contribution in [2.75, 3.05) is 17.7 Å². The lowest BCUT2D eigenvalue weighted by Crippen LogP contribution is -2.02. The molecule has 2 heterocycles. The maximum absolute atomic E-state index is 6.11. The fourth-order valence-electron chi connectivity index (χ4n) is 2.80. The topological polar surface area (TPSA) is 72.0 Å². The Hall–Kier alpha value is -3.09. The van der Waals surface area contributed by atoms with Crippen LogP contribution in [0.5, 0.6) is 5.75 Å². The van der Waals surface area contributed by atoms with Crippen LogP contribution in [0.1, 0.15) is 5.56 Å². The smallest absolute Gasteiger partial charge is 0.141 e. The normalized spacial score (nSPS) is 10.7. The predicted molar refractivity (Wildman–Crippen MR) is 117 cm³/mol. The van der Waals surface area contributed by atoms with E-state index in [2.05, 4.69) is 25.6 Å². The minimum absolute atomic E-state index is 0.471. The van der Waals surface area contributed by atoms with E-state index in [0.717, 1.165) is 33.7 Å². The Bertz CT molecular complexity index is 1150. The molecule has 0 radical (unpaired) electrons. The summed E-state index contributed by atoms with van der Waals surface area (Å²) in [7, 11) is 1.65. The molecule has 0 spiro atoms. The van der Waals surface area contributed by atoms with E-state index in [4.69, 9.17) is 27.9 Å². The van der Waals surface area contributed by atoms with Gasteiger partial charge in [-0.1, -0.05) is 35.3 Å². The second-order valence-electron chi connectivity index (χ2n) is 6.26. The monoisotopic (exact) mass is 425 g/mol. The summed E-state index contributed by atoms with van der Waals surface area (Å²) in [4.78, 5) is 13.1. The average molecular weight is 426 g/mol. The van der Waals surface area contributed by atoms with Crippen LogP contribution in [0.15, 0.2) is 61.1 Å². The maximum Gasteiger partial charge on any atom is 0.141 e. The summed E-state index contributed by atoms with van der Waals surface area (Å²) in [6.07, 6.45) is 3.21. The molecule has 4 aromatic rings. The van der Waals surface area contributed by atoms with Gasteiger partial charge in [0.15, 0.2) is 0 Å². The number of benzene rings is 2. The largest absolute Gasteiger partial charge is 0.497 e. The molecule has 4 rings (SSSR count). The van der Waals surface area contributed by atoms with E-state index < -0.39 is 0 Å². The minimum atomic E-state index is 0.471. The lowest BCUT2D eigenvalue weighted by Gasteiger charge is -2.11. The van der Waals surface area contributed by atoms with Crippen LogP contribution in [0.2, 0.25) is 10.0 Å². The molecule has 0 amide bonds. The first-order valence-electron chi connectivity index (χ1n) is 8.82. The third-order valence-corrected chi connectivity index (χ3v) is 5.08. The lowest BCUT2D eigenvalue weighted by molar-refractivity contribution is 0.414. The molecule has 8 heteroatoms. The molecule has 0 atom stereocenters. The van der Waals surface area contributed by atoms with E-state index in [1.165, 1.54) is 6.33 Å². The van der Waals surface area contributed by atoms with E-state index in [1.807, 2.05) is 36.4 Å². The molecule has 0 fully saturated rings. The SMILES string of the molecule is COc1ccc(CNc2cc3c(Nc4ccc(Cl)c(Cl)c4)ncnc3cn2)cc1. The van der Waals surface area contributed by atoms with Gasteiger partial charge in [0.25, 0.3) is 0 Å². The van der Waals surface area contributed by atoms with Crippen LogP contribution in [-0.2, 0) is 6.54 Å². The molecule has 0 bridgehead atoms. The van der Waals surface area contributed by atoms with Crippen molar-refractivity contribution in [3.63, 3.8) is 0 Å². The quantitative estimate of drug-likeness (QED) is 0.412. The highest BCUT2D eigenvalue weighted by atomic mass is 35.5. The predicted octanol–water partition coefficient (Wildman–Crippen LogP) is 5.70. The summed E-state index contributed by atoms with van der Waals surface area (Å²) >= 11 is 12.1. The molecular weight excluding hydrogens is 409 g/mol. The van der Waals surface area contributed by atoms with Gasteiger partial charge >= 0.3 is 0 Å². The molecule has 6 nitrogen and oxygen atoms in total. The Morgan fingerprint density at radius 1 is 0.931 bits per heavy atom. The molecule has 0 saturated carbocycles. The van der Waals surface area contributed by atoms with E-state index in [9.17, 15) is 0 Å². The van der Waals surface area contributed by atoms with Gasteiger partial charge in [0.2, 0.25) is 0 Å². The van der Waals surface area contributed by atoms with Gasteiger partial charge in [0, 0.05) is 17.6 Å². The van der Waals surface area contributed by atoms with Crippen LogP contribution in [0, 0.1) is 0 Å². The standard InChI is InChI=1S/C21H17Cl2N5O/c1-29-15-5-2-13(3-6-15)10-24-20-9-16-19(11-25-20)26-12-27-21(16)28-14-4-7-17(22)18(23)8-14/h2-9,11-12H,10H2,1H3,(H,24,25)(H,26,27,28). The number of hydrogen-bond donors (Lipinski definition) is 2. The van der Waals surface area contributed by atoms with Crippen molar-refractivity contribution in [3.8, 4) is 5.75 Å². The Kier molecular flexibility index (Phi) is 5.64. The first-order valence-corrected chi connectivity index (χ1v) is 9.57. The zero-order valence-corrected chi connectivity index (χ0v) is 17.0. The van der Waals surface area contributed by atoms with Gasteiger partial charge < -0.3 is 15.4 Å². The van der Waals surface area contributed by atoms with E-state index >= 15 is 0 Å². The number of ether oxygens (including phenoxy) is 1. The molecule has 0 aliphatic rings. The third kappa shape index (κ3) is 4.50. The summed E-state index contributed by atoms with van der Waals surface area (Å²) in [6.45, 7) is 0.631. The number of halogens is 2. The molecule has 0 saturated heterocycles. The van der Waals surface area contributed by atoms with Crippen LogP contribution in [0.25, 0.3) is 10.9 Å². The summed E-state index contributed by atoms with van der Waals surface area (Å²) in [6, 6.07) is 15.1.